The quantitative estimate of drug-likeness (QED) is 0.330. The zero-order valence-electron chi connectivity index (χ0n) is 11.4. The molecule has 0 aliphatic rings. The van der Waals surface area contributed by atoms with Crippen molar-refractivity contribution in [2.24, 2.45) is 10.9 Å². The summed E-state index contributed by atoms with van der Waals surface area (Å²) in [5, 5.41) is 11.9. The Morgan fingerprint density at radius 3 is 2.90 bits per heavy atom. The summed E-state index contributed by atoms with van der Waals surface area (Å²) in [6.07, 6.45) is 1.71. The second kappa shape index (κ2) is 6.06. The number of fused-ring (bicyclic) bond motifs is 1. The molecule has 0 saturated heterocycles. The van der Waals surface area contributed by atoms with Crippen LogP contribution in [-0.4, -0.2) is 30.5 Å². The summed E-state index contributed by atoms with van der Waals surface area (Å²) in [5.41, 5.74) is 5.98. The summed E-state index contributed by atoms with van der Waals surface area (Å²) in [6, 6.07) is 7.78. The van der Waals surface area contributed by atoms with Crippen LogP contribution in [0.3, 0.4) is 0 Å². The molecular formula is C13H16N4O3S. The molecule has 0 radical (unpaired) electrons. The largest absolute Gasteiger partial charge is 0.409 e. The standard InChI is InChI=1S/C13H16N4O3S/c1-9(8-13(14)16-18)17-21(19,20)12-6-2-5-11-10(12)4-3-7-15-11/h2-7,9,17-18H,8H2,1H3,(H2,14,16). The summed E-state index contributed by atoms with van der Waals surface area (Å²) < 4.78 is 27.4. The highest BCUT2D eigenvalue weighted by Gasteiger charge is 2.20. The van der Waals surface area contributed by atoms with Gasteiger partial charge in [-0.05, 0) is 31.2 Å². The van der Waals surface area contributed by atoms with Gasteiger partial charge in [0.05, 0.1) is 10.4 Å². The Hall–Kier alpha value is -2.19. The maximum Gasteiger partial charge on any atom is 0.241 e. The van der Waals surface area contributed by atoms with Crippen molar-refractivity contribution in [3.05, 3.63) is 36.5 Å². The molecule has 4 N–H and O–H groups in total. The monoisotopic (exact) mass is 308 g/mol. The summed E-state index contributed by atoms with van der Waals surface area (Å²) in [4.78, 5) is 4.28. The van der Waals surface area contributed by atoms with Crippen molar-refractivity contribution in [2.75, 3.05) is 0 Å². The number of amidine groups is 1. The number of sulfonamides is 1. The van der Waals surface area contributed by atoms with Gasteiger partial charge in [0, 0.05) is 24.0 Å². The maximum atomic E-state index is 12.4. The van der Waals surface area contributed by atoms with Crippen LogP contribution in [0, 0.1) is 0 Å². The van der Waals surface area contributed by atoms with E-state index in [1.54, 1.807) is 37.4 Å². The van der Waals surface area contributed by atoms with Crippen molar-refractivity contribution in [3.8, 4) is 0 Å². The van der Waals surface area contributed by atoms with Crippen molar-refractivity contribution >= 4 is 26.8 Å². The van der Waals surface area contributed by atoms with Crippen LogP contribution in [0.4, 0.5) is 0 Å². The lowest BCUT2D eigenvalue weighted by Gasteiger charge is -2.14. The number of oxime groups is 1. The average molecular weight is 308 g/mol. The van der Waals surface area contributed by atoms with Gasteiger partial charge in [-0.3, -0.25) is 4.98 Å². The molecule has 8 heteroatoms. The molecule has 112 valence electrons. The van der Waals surface area contributed by atoms with Gasteiger partial charge in [0.25, 0.3) is 0 Å². The first-order valence-corrected chi connectivity index (χ1v) is 7.75. The molecule has 0 saturated carbocycles. The van der Waals surface area contributed by atoms with Crippen molar-refractivity contribution in [1.29, 1.82) is 0 Å². The van der Waals surface area contributed by atoms with Crippen LogP contribution in [0.1, 0.15) is 13.3 Å². The number of nitrogens with zero attached hydrogens (tertiary/aromatic N) is 2. The summed E-state index contributed by atoms with van der Waals surface area (Å²) in [6.45, 7) is 1.64. The van der Waals surface area contributed by atoms with E-state index in [0.29, 0.717) is 10.9 Å². The predicted molar refractivity (Wildman–Crippen MR) is 79.6 cm³/mol. The minimum absolute atomic E-state index is 0.0372. The van der Waals surface area contributed by atoms with Crippen LogP contribution in [0.25, 0.3) is 10.9 Å². The third-order valence-electron chi connectivity index (χ3n) is 2.90. The van der Waals surface area contributed by atoms with Gasteiger partial charge in [0.15, 0.2) is 0 Å². The fourth-order valence-electron chi connectivity index (χ4n) is 2.03. The van der Waals surface area contributed by atoms with E-state index in [2.05, 4.69) is 14.9 Å². The van der Waals surface area contributed by atoms with Crippen molar-refractivity contribution in [1.82, 2.24) is 9.71 Å². The first-order chi connectivity index (χ1) is 9.94. The second-order valence-corrected chi connectivity index (χ2v) is 6.33. The molecule has 21 heavy (non-hydrogen) atoms. The topological polar surface area (TPSA) is 118 Å². The number of rotatable bonds is 5. The zero-order chi connectivity index (χ0) is 15.5. The maximum absolute atomic E-state index is 12.4. The van der Waals surface area contributed by atoms with Crippen LogP contribution in [0.5, 0.6) is 0 Å². The molecule has 0 fully saturated rings. The Labute approximate surface area is 122 Å². The van der Waals surface area contributed by atoms with Crippen molar-refractivity contribution in [2.45, 2.75) is 24.3 Å². The van der Waals surface area contributed by atoms with E-state index < -0.39 is 16.1 Å². The number of hydrogen-bond donors (Lipinski definition) is 3. The summed E-state index contributed by atoms with van der Waals surface area (Å²) in [5.74, 6) is -0.0372. The molecule has 1 aromatic carbocycles. The molecule has 2 rings (SSSR count). The summed E-state index contributed by atoms with van der Waals surface area (Å²) >= 11 is 0. The van der Waals surface area contributed by atoms with Gasteiger partial charge in [-0.15, -0.1) is 0 Å². The smallest absolute Gasteiger partial charge is 0.241 e. The van der Waals surface area contributed by atoms with Gasteiger partial charge in [-0.1, -0.05) is 11.2 Å². The number of aromatic nitrogens is 1. The molecule has 0 amide bonds. The van der Waals surface area contributed by atoms with E-state index >= 15 is 0 Å². The number of nitrogens with two attached hydrogens (primary N) is 1. The van der Waals surface area contributed by atoms with Crippen LogP contribution in [0.15, 0.2) is 46.6 Å². The van der Waals surface area contributed by atoms with Crippen LogP contribution < -0.4 is 10.5 Å². The number of hydrogen-bond acceptors (Lipinski definition) is 5. The minimum Gasteiger partial charge on any atom is -0.409 e. The fourth-order valence-corrected chi connectivity index (χ4v) is 3.49. The summed E-state index contributed by atoms with van der Waals surface area (Å²) in [7, 11) is -3.72. The van der Waals surface area contributed by atoms with Crippen LogP contribution in [-0.2, 0) is 10.0 Å². The highest BCUT2D eigenvalue weighted by atomic mass is 32.2. The Morgan fingerprint density at radius 2 is 2.19 bits per heavy atom. The Morgan fingerprint density at radius 1 is 1.43 bits per heavy atom. The number of pyridine rings is 1. The molecule has 0 bridgehead atoms. The predicted octanol–water partition coefficient (Wildman–Crippen LogP) is 1.04. The molecule has 1 unspecified atom stereocenters. The van der Waals surface area contributed by atoms with Gasteiger partial charge in [0.1, 0.15) is 5.84 Å². The zero-order valence-corrected chi connectivity index (χ0v) is 12.2. The van der Waals surface area contributed by atoms with Gasteiger partial charge in [-0.2, -0.15) is 0 Å². The molecule has 2 aromatic rings. The van der Waals surface area contributed by atoms with E-state index in [-0.39, 0.29) is 17.2 Å². The highest BCUT2D eigenvalue weighted by molar-refractivity contribution is 7.89. The number of nitrogens with one attached hydrogen (secondary N) is 1. The van der Waals surface area contributed by atoms with Crippen LogP contribution >= 0.6 is 0 Å². The van der Waals surface area contributed by atoms with Crippen LogP contribution in [0.2, 0.25) is 0 Å². The van der Waals surface area contributed by atoms with E-state index in [1.807, 2.05) is 0 Å². The Balaban J connectivity index is 2.34. The van der Waals surface area contributed by atoms with Gasteiger partial charge in [-0.25, -0.2) is 13.1 Å². The molecule has 0 aliphatic heterocycles. The molecule has 0 spiro atoms. The first kappa shape index (κ1) is 15.2. The van der Waals surface area contributed by atoms with E-state index in [4.69, 9.17) is 10.9 Å². The molecule has 1 heterocycles. The van der Waals surface area contributed by atoms with Crippen molar-refractivity contribution < 1.29 is 13.6 Å². The third-order valence-corrected chi connectivity index (χ3v) is 4.54. The lowest BCUT2D eigenvalue weighted by molar-refractivity contribution is 0.316. The Kier molecular flexibility index (Phi) is 4.39. The average Bonchev–Trinajstić information content (AvgIpc) is 2.45. The highest BCUT2D eigenvalue weighted by Crippen LogP contribution is 2.21. The minimum atomic E-state index is -3.72. The third kappa shape index (κ3) is 3.47. The van der Waals surface area contributed by atoms with E-state index in [1.165, 1.54) is 6.07 Å². The first-order valence-electron chi connectivity index (χ1n) is 6.26. The normalized spacial score (nSPS) is 14.2. The molecule has 1 aromatic heterocycles. The van der Waals surface area contributed by atoms with E-state index in [0.717, 1.165) is 0 Å². The SMILES string of the molecule is CC(C/C(N)=N/O)NS(=O)(=O)c1cccc2ncccc12. The molecular weight excluding hydrogens is 292 g/mol. The van der Waals surface area contributed by atoms with Gasteiger partial charge >= 0.3 is 0 Å². The fraction of sp³-hybridized carbons (Fsp3) is 0.231. The molecule has 0 aliphatic carbocycles. The Bertz CT molecular complexity index is 769. The van der Waals surface area contributed by atoms with E-state index in [9.17, 15) is 8.42 Å². The molecule has 1 atom stereocenters. The van der Waals surface area contributed by atoms with Crippen molar-refractivity contribution in [3.63, 3.8) is 0 Å². The number of benzene rings is 1. The molecule has 7 nitrogen and oxygen atoms in total. The second-order valence-electron chi connectivity index (χ2n) is 4.64. The van der Waals surface area contributed by atoms with Gasteiger partial charge in [0.2, 0.25) is 10.0 Å². The lowest BCUT2D eigenvalue weighted by Crippen LogP contribution is -2.35. The lowest BCUT2D eigenvalue weighted by atomic mass is 10.2. The van der Waals surface area contributed by atoms with Gasteiger partial charge < -0.3 is 10.9 Å².